The lowest BCUT2D eigenvalue weighted by Gasteiger charge is -2.21. The summed E-state index contributed by atoms with van der Waals surface area (Å²) in [5.74, 6) is -0.336. The molecule has 1 N–H and O–H groups in total. The van der Waals surface area contributed by atoms with Gasteiger partial charge in [0.2, 0.25) is 10.0 Å². The summed E-state index contributed by atoms with van der Waals surface area (Å²) in [5.41, 5.74) is 2.21. The zero-order valence-electron chi connectivity index (χ0n) is 15.7. The maximum atomic E-state index is 12.6. The molecule has 0 radical (unpaired) electrons. The number of aryl methyl sites for hydroxylation is 1. The summed E-state index contributed by atoms with van der Waals surface area (Å²) in [4.78, 5) is 12.6. The van der Waals surface area contributed by atoms with E-state index >= 15 is 0 Å². The van der Waals surface area contributed by atoms with Crippen molar-refractivity contribution in [2.24, 2.45) is 0 Å². The maximum absolute atomic E-state index is 12.6. The number of benzene rings is 2. The molecule has 0 spiro atoms. The van der Waals surface area contributed by atoms with E-state index in [4.69, 9.17) is 0 Å². The minimum atomic E-state index is -3.63. The van der Waals surface area contributed by atoms with Crippen molar-refractivity contribution in [1.82, 2.24) is 4.31 Å². The average molecular weight is 375 g/mol. The van der Waals surface area contributed by atoms with E-state index in [-0.39, 0.29) is 16.8 Å². The Kier molecular flexibility index (Phi) is 6.56. The number of hydrogen-bond acceptors (Lipinski definition) is 3. The first-order valence-corrected chi connectivity index (χ1v) is 10.2. The van der Waals surface area contributed by atoms with Gasteiger partial charge in [0.25, 0.3) is 5.91 Å². The summed E-state index contributed by atoms with van der Waals surface area (Å²) < 4.78 is 26.5. The van der Waals surface area contributed by atoms with Crippen molar-refractivity contribution in [3.05, 3.63) is 59.7 Å². The number of nitrogens with one attached hydrogen (secondary N) is 1. The van der Waals surface area contributed by atoms with Crippen molar-refractivity contribution in [3.8, 4) is 0 Å². The van der Waals surface area contributed by atoms with E-state index in [9.17, 15) is 13.2 Å². The molecule has 0 aromatic heterocycles. The summed E-state index contributed by atoms with van der Waals surface area (Å²) in [6.07, 6.45) is 2.06. The van der Waals surface area contributed by atoms with Gasteiger partial charge in [-0.1, -0.05) is 31.5 Å². The monoisotopic (exact) mass is 374 g/mol. The van der Waals surface area contributed by atoms with Crippen LogP contribution in [0.4, 0.5) is 5.69 Å². The molecule has 0 saturated heterocycles. The van der Waals surface area contributed by atoms with Gasteiger partial charge < -0.3 is 5.32 Å². The minimum Gasteiger partial charge on any atom is -0.322 e. The summed E-state index contributed by atoms with van der Waals surface area (Å²) in [6.45, 7) is 5.72. The van der Waals surface area contributed by atoms with E-state index in [1.54, 1.807) is 26.0 Å². The number of carbonyl (C=O) groups is 1. The van der Waals surface area contributed by atoms with Crippen molar-refractivity contribution in [2.75, 3.05) is 12.4 Å². The Morgan fingerprint density at radius 2 is 1.77 bits per heavy atom. The first-order chi connectivity index (χ1) is 12.3. The van der Waals surface area contributed by atoms with Crippen molar-refractivity contribution >= 4 is 21.6 Å². The molecule has 0 atom stereocenters. The normalized spacial score (nSPS) is 11.8. The van der Waals surface area contributed by atoms with Crippen LogP contribution in [0.1, 0.15) is 43.1 Å². The molecule has 0 aliphatic carbocycles. The molecule has 1 amide bonds. The molecule has 2 rings (SSSR count). The third-order valence-corrected chi connectivity index (χ3v) is 6.28. The van der Waals surface area contributed by atoms with E-state index in [2.05, 4.69) is 12.2 Å². The lowest BCUT2D eigenvalue weighted by Crippen LogP contribution is -2.33. The van der Waals surface area contributed by atoms with Crippen LogP contribution in [0.2, 0.25) is 0 Å². The predicted octanol–water partition coefficient (Wildman–Crippen LogP) is 3.92. The zero-order valence-corrected chi connectivity index (χ0v) is 16.5. The van der Waals surface area contributed by atoms with Crippen LogP contribution in [-0.2, 0) is 16.4 Å². The summed E-state index contributed by atoms with van der Waals surface area (Å²) >= 11 is 0. The van der Waals surface area contributed by atoms with Gasteiger partial charge in [-0.3, -0.25) is 4.79 Å². The molecule has 0 bridgehead atoms. The highest BCUT2D eigenvalue weighted by Crippen LogP contribution is 2.19. The molecular formula is C20H26N2O3S. The zero-order chi connectivity index (χ0) is 19.3. The predicted molar refractivity (Wildman–Crippen MR) is 105 cm³/mol. The van der Waals surface area contributed by atoms with Crippen molar-refractivity contribution in [2.45, 2.75) is 44.6 Å². The quantitative estimate of drug-likeness (QED) is 0.799. The second-order valence-electron chi connectivity index (χ2n) is 6.54. The average Bonchev–Trinajstić information content (AvgIpc) is 2.63. The van der Waals surface area contributed by atoms with Gasteiger partial charge >= 0.3 is 0 Å². The van der Waals surface area contributed by atoms with E-state index in [1.807, 2.05) is 24.3 Å². The first kappa shape index (κ1) is 20.1. The number of nitrogens with zero attached hydrogens (tertiary/aromatic N) is 1. The number of anilines is 1. The van der Waals surface area contributed by atoms with E-state index < -0.39 is 10.0 Å². The van der Waals surface area contributed by atoms with Gasteiger partial charge in [-0.2, -0.15) is 4.31 Å². The largest absolute Gasteiger partial charge is 0.322 e. The van der Waals surface area contributed by atoms with Crippen LogP contribution in [0, 0.1) is 0 Å². The highest BCUT2D eigenvalue weighted by molar-refractivity contribution is 7.89. The molecule has 0 unspecified atom stereocenters. The first-order valence-electron chi connectivity index (χ1n) is 8.74. The topological polar surface area (TPSA) is 66.5 Å². The fraction of sp³-hybridized carbons (Fsp3) is 0.350. The van der Waals surface area contributed by atoms with Gasteiger partial charge in [-0.25, -0.2) is 8.42 Å². The second kappa shape index (κ2) is 8.47. The summed E-state index contributed by atoms with van der Waals surface area (Å²) in [6, 6.07) is 13.6. The Balaban J connectivity index is 2.20. The third kappa shape index (κ3) is 4.71. The van der Waals surface area contributed by atoms with Crippen LogP contribution in [0.15, 0.2) is 53.4 Å². The van der Waals surface area contributed by atoms with Crippen LogP contribution >= 0.6 is 0 Å². The van der Waals surface area contributed by atoms with Crippen molar-refractivity contribution in [1.29, 1.82) is 0 Å². The van der Waals surface area contributed by atoms with Gasteiger partial charge in [0.05, 0.1) is 4.90 Å². The summed E-state index contributed by atoms with van der Waals surface area (Å²) in [5, 5.41) is 2.81. The Hall–Kier alpha value is -2.18. The summed E-state index contributed by atoms with van der Waals surface area (Å²) in [7, 11) is -2.09. The molecule has 140 valence electrons. The molecule has 2 aromatic rings. The highest BCUT2D eigenvalue weighted by atomic mass is 32.2. The molecule has 5 nitrogen and oxygen atoms in total. The maximum Gasteiger partial charge on any atom is 0.255 e. The smallest absolute Gasteiger partial charge is 0.255 e. The highest BCUT2D eigenvalue weighted by Gasteiger charge is 2.23. The number of rotatable bonds is 7. The molecule has 0 fully saturated rings. The van der Waals surface area contributed by atoms with Crippen LogP contribution in [0.3, 0.4) is 0 Å². The Morgan fingerprint density at radius 3 is 2.35 bits per heavy atom. The fourth-order valence-corrected chi connectivity index (χ4v) is 3.90. The number of amides is 1. The van der Waals surface area contributed by atoms with Crippen molar-refractivity contribution < 1.29 is 13.2 Å². The Labute approximate surface area is 156 Å². The molecule has 26 heavy (non-hydrogen) atoms. The number of carbonyl (C=O) groups excluding carboxylic acids is 1. The van der Waals surface area contributed by atoms with Crippen molar-refractivity contribution in [3.63, 3.8) is 0 Å². The van der Waals surface area contributed by atoms with Crippen LogP contribution in [-0.4, -0.2) is 31.7 Å². The minimum absolute atomic E-state index is 0.111. The second-order valence-corrected chi connectivity index (χ2v) is 8.54. The van der Waals surface area contributed by atoms with E-state index in [0.29, 0.717) is 11.3 Å². The molecule has 0 aliphatic heterocycles. The standard InChI is InChI=1S/C20H26N2O3S/c1-5-7-16-10-12-18(13-11-16)21-20(23)17-8-6-9-19(14-17)26(24,25)22(4)15(2)3/h6,8-15H,5,7H2,1-4H3,(H,21,23). The van der Waals surface area contributed by atoms with Gasteiger partial charge in [0.1, 0.15) is 0 Å². The molecular weight excluding hydrogens is 348 g/mol. The molecule has 0 saturated carbocycles. The molecule has 2 aromatic carbocycles. The van der Waals surface area contributed by atoms with Crippen LogP contribution in [0.5, 0.6) is 0 Å². The molecule has 0 aliphatic rings. The van der Waals surface area contributed by atoms with Gasteiger partial charge in [-0.05, 0) is 56.2 Å². The Bertz CT molecular complexity index is 859. The van der Waals surface area contributed by atoms with Gasteiger partial charge in [0.15, 0.2) is 0 Å². The Morgan fingerprint density at radius 1 is 1.12 bits per heavy atom. The lowest BCUT2D eigenvalue weighted by molar-refractivity contribution is 0.102. The van der Waals surface area contributed by atoms with Gasteiger partial charge in [-0.15, -0.1) is 0 Å². The number of sulfonamides is 1. The number of hydrogen-bond donors (Lipinski definition) is 1. The van der Waals surface area contributed by atoms with Gasteiger partial charge in [0, 0.05) is 24.3 Å². The lowest BCUT2D eigenvalue weighted by atomic mass is 10.1. The van der Waals surface area contributed by atoms with Crippen LogP contribution in [0.25, 0.3) is 0 Å². The van der Waals surface area contributed by atoms with Crippen LogP contribution < -0.4 is 5.32 Å². The van der Waals surface area contributed by atoms with E-state index in [0.717, 1.165) is 12.8 Å². The molecule has 0 heterocycles. The fourth-order valence-electron chi connectivity index (χ4n) is 2.49. The SMILES string of the molecule is CCCc1ccc(NC(=O)c2cccc(S(=O)(=O)N(C)C(C)C)c2)cc1. The van der Waals surface area contributed by atoms with E-state index in [1.165, 1.54) is 29.0 Å². The molecule has 6 heteroatoms. The third-order valence-electron chi connectivity index (χ3n) is 4.25.